The summed E-state index contributed by atoms with van der Waals surface area (Å²) < 4.78 is 14.7. The second-order valence-electron chi connectivity index (χ2n) is 5.49. The van der Waals surface area contributed by atoms with Crippen LogP contribution in [0.1, 0.15) is 42.1 Å². The Hall–Kier alpha value is -2.27. The molecule has 1 atom stereocenters. The Kier molecular flexibility index (Phi) is 4.39. The lowest BCUT2D eigenvalue weighted by atomic mass is 9.99. The van der Waals surface area contributed by atoms with Crippen LogP contribution < -0.4 is 5.32 Å². The first kappa shape index (κ1) is 15.6. The molecule has 23 heavy (non-hydrogen) atoms. The van der Waals surface area contributed by atoms with E-state index in [-0.39, 0.29) is 5.56 Å². The van der Waals surface area contributed by atoms with E-state index in [1.54, 1.807) is 12.1 Å². The van der Waals surface area contributed by atoms with Gasteiger partial charge in [0.15, 0.2) is 5.13 Å². The van der Waals surface area contributed by atoms with Crippen LogP contribution in [0.25, 0.3) is 10.2 Å². The average Bonchev–Trinajstić information content (AvgIpc) is 2.95. The van der Waals surface area contributed by atoms with Gasteiger partial charge in [0.1, 0.15) is 5.82 Å². The average molecular weight is 328 g/mol. The molecule has 2 aromatic carbocycles. The zero-order chi connectivity index (χ0) is 16.4. The molecular formula is C18H17FN2OS. The minimum atomic E-state index is -0.537. The van der Waals surface area contributed by atoms with Gasteiger partial charge in [0.25, 0.3) is 5.91 Å². The topological polar surface area (TPSA) is 42.0 Å². The van der Waals surface area contributed by atoms with Crippen molar-refractivity contribution >= 4 is 32.6 Å². The van der Waals surface area contributed by atoms with Crippen LogP contribution >= 0.6 is 11.3 Å². The normalized spacial score (nSPS) is 12.3. The molecule has 5 heteroatoms. The maximum atomic E-state index is 13.7. The smallest absolute Gasteiger partial charge is 0.260 e. The van der Waals surface area contributed by atoms with E-state index < -0.39 is 11.7 Å². The van der Waals surface area contributed by atoms with Crippen LogP contribution in [-0.4, -0.2) is 10.9 Å². The largest absolute Gasteiger partial charge is 0.298 e. The Morgan fingerprint density at radius 2 is 2.09 bits per heavy atom. The van der Waals surface area contributed by atoms with Crippen molar-refractivity contribution in [2.75, 3.05) is 5.32 Å². The molecule has 1 unspecified atom stereocenters. The first-order valence-electron chi connectivity index (χ1n) is 7.55. The van der Waals surface area contributed by atoms with Crippen LogP contribution in [0.5, 0.6) is 0 Å². The molecule has 3 rings (SSSR count). The second-order valence-corrected chi connectivity index (χ2v) is 6.52. The zero-order valence-corrected chi connectivity index (χ0v) is 13.8. The Morgan fingerprint density at radius 1 is 1.30 bits per heavy atom. The number of anilines is 1. The molecule has 0 saturated carbocycles. The van der Waals surface area contributed by atoms with Crippen LogP contribution in [-0.2, 0) is 0 Å². The van der Waals surface area contributed by atoms with E-state index in [0.29, 0.717) is 11.0 Å². The maximum absolute atomic E-state index is 13.7. The van der Waals surface area contributed by atoms with Gasteiger partial charge in [-0.1, -0.05) is 43.4 Å². The van der Waals surface area contributed by atoms with Gasteiger partial charge in [-0.2, -0.15) is 0 Å². The lowest BCUT2D eigenvalue weighted by molar-refractivity contribution is 0.102. The van der Waals surface area contributed by atoms with Crippen LogP contribution in [0.2, 0.25) is 0 Å². The number of carbonyl (C=O) groups excluding carboxylic acids is 1. The summed E-state index contributed by atoms with van der Waals surface area (Å²) in [4.78, 5) is 16.5. The van der Waals surface area contributed by atoms with E-state index >= 15 is 0 Å². The molecule has 0 fully saturated rings. The first-order chi connectivity index (χ1) is 11.1. The van der Waals surface area contributed by atoms with Crippen molar-refractivity contribution in [3.8, 4) is 0 Å². The highest BCUT2D eigenvalue weighted by molar-refractivity contribution is 7.22. The summed E-state index contributed by atoms with van der Waals surface area (Å²) in [7, 11) is 0. The van der Waals surface area contributed by atoms with Gasteiger partial charge in [0.05, 0.1) is 15.8 Å². The number of amides is 1. The van der Waals surface area contributed by atoms with Crippen LogP contribution in [0.4, 0.5) is 9.52 Å². The molecule has 3 nitrogen and oxygen atoms in total. The molecule has 1 N–H and O–H groups in total. The van der Waals surface area contributed by atoms with Gasteiger partial charge in [-0.15, -0.1) is 0 Å². The molecule has 1 heterocycles. The van der Waals surface area contributed by atoms with Gasteiger partial charge < -0.3 is 0 Å². The number of nitrogens with one attached hydrogen (secondary N) is 1. The number of hydrogen-bond donors (Lipinski definition) is 1. The summed E-state index contributed by atoms with van der Waals surface area (Å²) in [5.74, 6) is -0.535. The third kappa shape index (κ3) is 3.24. The van der Waals surface area contributed by atoms with Crippen LogP contribution in [0.3, 0.4) is 0 Å². The fraction of sp³-hybridized carbons (Fsp3) is 0.222. The fourth-order valence-corrected chi connectivity index (χ4v) is 3.26. The number of nitrogens with zero attached hydrogens (tertiary/aromatic N) is 1. The lowest BCUT2D eigenvalue weighted by Crippen LogP contribution is -2.13. The Bertz CT molecular complexity index is 859. The summed E-state index contributed by atoms with van der Waals surface area (Å²) in [6, 6.07) is 12.1. The first-order valence-corrected chi connectivity index (χ1v) is 8.36. The number of carbonyl (C=O) groups is 1. The van der Waals surface area contributed by atoms with E-state index in [4.69, 9.17) is 0 Å². The van der Waals surface area contributed by atoms with Gasteiger partial charge in [-0.05, 0) is 42.2 Å². The molecular weight excluding hydrogens is 311 g/mol. The van der Waals surface area contributed by atoms with Gasteiger partial charge >= 0.3 is 0 Å². The number of halogens is 1. The summed E-state index contributed by atoms with van der Waals surface area (Å²) >= 11 is 1.40. The molecule has 1 amide bonds. The standard InChI is InChI=1S/C18H17FN2OS/c1-3-11(2)12-8-9-15-16(10-12)23-18(20-15)21-17(22)13-6-4-5-7-14(13)19/h4-11H,3H2,1-2H3,(H,20,21,22). The van der Waals surface area contributed by atoms with Gasteiger partial charge in [0.2, 0.25) is 0 Å². The van der Waals surface area contributed by atoms with E-state index in [1.165, 1.54) is 29.0 Å². The fourth-order valence-electron chi connectivity index (χ4n) is 2.35. The summed E-state index contributed by atoms with van der Waals surface area (Å²) in [5.41, 5.74) is 2.12. The molecule has 0 radical (unpaired) electrons. The molecule has 0 saturated heterocycles. The molecule has 0 bridgehead atoms. The monoisotopic (exact) mass is 328 g/mol. The van der Waals surface area contributed by atoms with Gasteiger partial charge in [-0.25, -0.2) is 9.37 Å². The number of fused-ring (bicyclic) bond motifs is 1. The van der Waals surface area contributed by atoms with Gasteiger partial charge in [-0.3, -0.25) is 10.1 Å². The zero-order valence-electron chi connectivity index (χ0n) is 13.0. The molecule has 0 aliphatic carbocycles. The quantitative estimate of drug-likeness (QED) is 0.715. The van der Waals surface area contributed by atoms with Gasteiger partial charge in [0, 0.05) is 0 Å². The number of rotatable bonds is 4. The van der Waals surface area contributed by atoms with Crippen LogP contribution in [0.15, 0.2) is 42.5 Å². The van der Waals surface area contributed by atoms with E-state index in [1.807, 2.05) is 6.07 Å². The highest BCUT2D eigenvalue weighted by atomic mass is 32.1. The van der Waals surface area contributed by atoms with E-state index in [9.17, 15) is 9.18 Å². The van der Waals surface area contributed by atoms with Crippen LogP contribution in [0, 0.1) is 5.82 Å². The summed E-state index contributed by atoms with van der Waals surface area (Å²) in [5, 5.41) is 3.16. The molecule has 0 spiro atoms. The Labute approximate surface area is 138 Å². The third-order valence-corrected chi connectivity index (χ3v) is 4.87. The van der Waals surface area contributed by atoms with Crippen molar-refractivity contribution in [1.29, 1.82) is 0 Å². The van der Waals surface area contributed by atoms with Crippen molar-refractivity contribution in [2.45, 2.75) is 26.2 Å². The Balaban J connectivity index is 1.86. The molecule has 3 aromatic rings. The van der Waals surface area contributed by atoms with Crippen molar-refractivity contribution in [3.63, 3.8) is 0 Å². The minimum Gasteiger partial charge on any atom is -0.298 e. The number of aromatic nitrogens is 1. The van der Waals surface area contributed by atoms with Crippen molar-refractivity contribution in [2.24, 2.45) is 0 Å². The summed E-state index contributed by atoms with van der Waals surface area (Å²) in [6.45, 7) is 4.34. The van der Waals surface area contributed by atoms with Crippen molar-refractivity contribution < 1.29 is 9.18 Å². The number of thiazole rings is 1. The Morgan fingerprint density at radius 3 is 2.83 bits per heavy atom. The highest BCUT2D eigenvalue weighted by Crippen LogP contribution is 2.30. The predicted octanol–water partition coefficient (Wildman–Crippen LogP) is 5.20. The number of benzene rings is 2. The maximum Gasteiger partial charge on any atom is 0.260 e. The molecule has 0 aliphatic heterocycles. The minimum absolute atomic E-state index is 0.0204. The van der Waals surface area contributed by atoms with E-state index in [2.05, 4.69) is 36.3 Å². The van der Waals surface area contributed by atoms with Crippen molar-refractivity contribution in [3.05, 3.63) is 59.4 Å². The van der Waals surface area contributed by atoms with Crippen molar-refractivity contribution in [1.82, 2.24) is 4.98 Å². The second kappa shape index (κ2) is 6.46. The SMILES string of the molecule is CCC(C)c1ccc2nc(NC(=O)c3ccccc3F)sc2c1. The third-order valence-electron chi connectivity index (χ3n) is 3.93. The van der Waals surface area contributed by atoms with E-state index in [0.717, 1.165) is 16.6 Å². The molecule has 1 aromatic heterocycles. The lowest BCUT2D eigenvalue weighted by Gasteiger charge is -2.07. The number of hydrogen-bond acceptors (Lipinski definition) is 3. The molecule has 118 valence electrons. The summed E-state index contributed by atoms with van der Waals surface area (Å²) in [6.07, 6.45) is 1.07. The highest BCUT2D eigenvalue weighted by Gasteiger charge is 2.14. The molecule has 0 aliphatic rings. The predicted molar refractivity (Wildman–Crippen MR) is 92.7 cm³/mol.